The molecule has 1 aromatic heterocycles. The van der Waals surface area contributed by atoms with Gasteiger partial charge in [0.25, 0.3) is 0 Å². The van der Waals surface area contributed by atoms with Gasteiger partial charge in [0.2, 0.25) is 11.7 Å². The minimum absolute atomic E-state index is 0.00487. The number of rotatable bonds is 5. The molecule has 0 radical (unpaired) electrons. The molecule has 1 saturated heterocycles. The highest BCUT2D eigenvalue weighted by atomic mass is 35.5. The molecule has 142 valence electrons. The smallest absolute Gasteiger partial charge is 0.335 e. The van der Waals surface area contributed by atoms with Crippen molar-refractivity contribution in [2.24, 2.45) is 0 Å². The Bertz CT molecular complexity index is 921. The lowest BCUT2D eigenvalue weighted by molar-refractivity contribution is 0.0304. The molecule has 1 fully saturated rings. The van der Waals surface area contributed by atoms with Crippen molar-refractivity contribution in [2.75, 3.05) is 18.6 Å². The zero-order chi connectivity index (χ0) is 19.1. The summed E-state index contributed by atoms with van der Waals surface area (Å²) in [5.74, 6) is -4.17. The summed E-state index contributed by atoms with van der Waals surface area (Å²) in [5.41, 5.74) is -0.408. The predicted molar refractivity (Wildman–Crippen MR) is 92.3 cm³/mol. The maximum absolute atomic E-state index is 14.6. The molecule has 2 heterocycles. The van der Waals surface area contributed by atoms with E-state index in [1.165, 1.54) is 6.07 Å². The Labute approximate surface area is 159 Å². The molecule has 3 rings (SSSR count). The summed E-state index contributed by atoms with van der Waals surface area (Å²) in [6.45, 7) is 0.0740. The predicted octanol–water partition coefficient (Wildman–Crippen LogP) is 3.14. The number of alkyl halides is 2. The van der Waals surface area contributed by atoms with Gasteiger partial charge >= 0.3 is 5.92 Å². The third-order valence-electron chi connectivity index (χ3n) is 4.25. The van der Waals surface area contributed by atoms with E-state index in [9.17, 15) is 17.2 Å². The fourth-order valence-electron chi connectivity index (χ4n) is 2.73. The SMILES string of the molecule is CN(Cc1nc(C(F)(F)c2ccc(Cl)c(Cl)c2)no1)C1CCS(=O)(=O)C1. The van der Waals surface area contributed by atoms with Crippen molar-refractivity contribution in [1.29, 1.82) is 0 Å². The molecule has 11 heteroatoms. The lowest BCUT2D eigenvalue weighted by atomic mass is 10.1. The number of hydrogen-bond donors (Lipinski definition) is 0. The Kier molecular flexibility index (Phi) is 5.26. The topological polar surface area (TPSA) is 76.3 Å². The summed E-state index contributed by atoms with van der Waals surface area (Å²) in [7, 11) is -1.36. The summed E-state index contributed by atoms with van der Waals surface area (Å²) in [4.78, 5) is 5.47. The second-order valence-corrected chi connectivity index (χ2v) is 9.23. The third-order valence-corrected chi connectivity index (χ3v) is 6.74. The van der Waals surface area contributed by atoms with Crippen LogP contribution >= 0.6 is 23.2 Å². The molecule has 1 aliphatic rings. The van der Waals surface area contributed by atoms with E-state index in [-0.39, 0.29) is 40.0 Å². The molecule has 1 aromatic carbocycles. The monoisotopic (exact) mass is 425 g/mol. The van der Waals surface area contributed by atoms with Crippen molar-refractivity contribution in [3.63, 3.8) is 0 Å². The number of benzene rings is 1. The number of aromatic nitrogens is 2. The van der Waals surface area contributed by atoms with Crippen LogP contribution in [0.2, 0.25) is 10.0 Å². The zero-order valence-corrected chi connectivity index (χ0v) is 16.0. The van der Waals surface area contributed by atoms with Crippen LogP contribution in [0.3, 0.4) is 0 Å². The van der Waals surface area contributed by atoms with Crippen LogP contribution < -0.4 is 0 Å². The Balaban J connectivity index is 1.75. The van der Waals surface area contributed by atoms with Gasteiger partial charge in [-0.2, -0.15) is 13.8 Å². The molecule has 1 atom stereocenters. The summed E-state index contributed by atoms with van der Waals surface area (Å²) in [5, 5.41) is 3.52. The lowest BCUT2D eigenvalue weighted by Crippen LogP contribution is -2.32. The second kappa shape index (κ2) is 7.03. The van der Waals surface area contributed by atoms with Crippen molar-refractivity contribution in [1.82, 2.24) is 15.0 Å². The van der Waals surface area contributed by atoms with Crippen molar-refractivity contribution < 1.29 is 21.7 Å². The lowest BCUT2D eigenvalue weighted by Gasteiger charge is -2.20. The van der Waals surface area contributed by atoms with Crippen LogP contribution in [-0.2, 0) is 22.3 Å². The van der Waals surface area contributed by atoms with Crippen molar-refractivity contribution in [3.8, 4) is 0 Å². The molecule has 0 amide bonds. The van der Waals surface area contributed by atoms with E-state index in [1.807, 2.05) is 0 Å². The largest absolute Gasteiger partial charge is 0.338 e. The minimum atomic E-state index is -3.51. The van der Waals surface area contributed by atoms with Crippen LogP contribution in [-0.4, -0.2) is 48.1 Å². The normalized spacial score (nSPS) is 20.0. The molecular formula is C15H15Cl2F2N3O3S. The van der Waals surface area contributed by atoms with Gasteiger partial charge in [0.15, 0.2) is 9.84 Å². The highest BCUT2D eigenvalue weighted by molar-refractivity contribution is 7.91. The summed E-state index contributed by atoms with van der Waals surface area (Å²) < 4.78 is 57.2. The molecule has 0 N–H and O–H groups in total. The number of halogens is 4. The molecule has 1 aliphatic heterocycles. The average Bonchev–Trinajstić information content (AvgIpc) is 3.16. The molecule has 6 nitrogen and oxygen atoms in total. The van der Waals surface area contributed by atoms with Crippen molar-refractivity contribution in [3.05, 3.63) is 45.5 Å². The van der Waals surface area contributed by atoms with E-state index in [0.717, 1.165) is 12.1 Å². The molecule has 0 saturated carbocycles. The van der Waals surface area contributed by atoms with Crippen LogP contribution in [0.25, 0.3) is 0 Å². The summed E-state index contributed by atoms with van der Waals surface area (Å²) >= 11 is 11.5. The Morgan fingerprint density at radius 1 is 1.35 bits per heavy atom. The van der Waals surface area contributed by atoms with Gasteiger partial charge in [-0.05, 0) is 25.6 Å². The molecule has 0 aliphatic carbocycles. The first-order valence-corrected chi connectivity index (χ1v) is 10.2. The van der Waals surface area contributed by atoms with Gasteiger partial charge in [-0.3, -0.25) is 4.90 Å². The fraction of sp³-hybridized carbons (Fsp3) is 0.467. The van der Waals surface area contributed by atoms with Crippen molar-refractivity contribution >= 4 is 33.0 Å². The first-order valence-electron chi connectivity index (χ1n) is 7.65. The molecular weight excluding hydrogens is 411 g/mol. The van der Waals surface area contributed by atoms with Gasteiger partial charge in [-0.25, -0.2) is 8.42 Å². The molecule has 26 heavy (non-hydrogen) atoms. The number of sulfone groups is 1. The van der Waals surface area contributed by atoms with Gasteiger partial charge < -0.3 is 4.52 Å². The Morgan fingerprint density at radius 3 is 2.69 bits per heavy atom. The molecule has 2 aromatic rings. The van der Waals surface area contributed by atoms with E-state index >= 15 is 0 Å². The molecule has 0 spiro atoms. The Morgan fingerprint density at radius 2 is 2.08 bits per heavy atom. The zero-order valence-electron chi connectivity index (χ0n) is 13.6. The van der Waals surface area contributed by atoms with Gasteiger partial charge in [0, 0.05) is 11.6 Å². The standard InChI is InChI=1S/C15H15Cl2F2N3O3S/c1-22(10-4-5-26(23,24)8-10)7-13-20-14(21-25-13)15(18,19)9-2-3-11(16)12(17)6-9/h2-3,6,10H,4-5,7-8H2,1H3. The maximum atomic E-state index is 14.6. The average molecular weight is 426 g/mol. The second-order valence-electron chi connectivity index (χ2n) is 6.19. The van der Waals surface area contributed by atoms with Gasteiger partial charge in [0.1, 0.15) is 0 Å². The van der Waals surface area contributed by atoms with E-state index in [1.54, 1.807) is 11.9 Å². The van der Waals surface area contributed by atoms with Crippen LogP contribution in [0.15, 0.2) is 22.7 Å². The first-order chi connectivity index (χ1) is 12.1. The van der Waals surface area contributed by atoms with E-state index < -0.39 is 27.1 Å². The highest BCUT2D eigenvalue weighted by Gasteiger charge is 2.40. The third kappa shape index (κ3) is 4.00. The van der Waals surface area contributed by atoms with E-state index in [4.69, 9.17) is 27.7 Å². The van der Waals surface area contributed by atoms with Gasteiger partial charge in [0.05, 0.1) is 28.1 Å². The first kappa shape index (κ1) is 19.5. The van der Waals surface area contributed by atoms with Crippen LogP contribution in [0.4, 0.5) is 8.78 Å². The fourth-order valence-corrected chi connectivity index (χ4v) is 4.84. The summed E-state index contributed by atoms with van der Waals surface area (Å²) in [6, 6.07) is 3.25. The highest BCUT2D eigenvalue weighted by Crippen LogP contribution is 2.36. The van der Waals surface area contributed by atoms with Crippen LogP contribution in [0.5, 0.6) is 0 Å². The van der Waals surface area contributed by atoms with Crippen molar-refractivity contribution in [2.45, 2.75) is 24.9 Å². The van der Waals surface area contributed by atoms with Gasteiger partial charge in [-0.15, -0.1) is 0 Å². The summed E-state index contributed by atoms with van der Waals surface area (Å²) in [6.07, 6.45) is 0.485. The minimum Gasteiger partial charge on any atom is -0.338 e. The van der Waals surface area contributed by atoms with Crippen LogP contribution in [0, 0.1) is 0 Å². The van der Waals surface area contributed by atoms with E-state index in [2.05, 4.69) is 10.1 Å². The maximum Gasteiger partial charge on any atom is 0.335 e. The molecule has 0 bridgehead atoms. The van der Waals surface area contributed by atoms with E-state index in [0.29, 0.717) is 6.42 Å². The number of nitrogens with zero attached hydrogens (tertiary/aromatic N) is 3. The van der Waals surface area contributed by atoms with Crippen LogP contribution in [0.1, 0.15) is 23.7 Å². The Hall–Kier alpha value is -1.29. The molecule has 1 unspecified atom stereocenters. The number of hydrogen-bond acceptors (Lipinski definition) is 6. The van der Waals surface area contributed by atoms with Gasteiger partial charge in [-0.1, -0.05) is 34.4 Å². The quantitative estimate of drug-likeness (QED) is 0.732.